The molecular weight excluding hydrogens is 492 g/mol. The highest BCUT2D eigenvalue weighted by Gasteiger charge is 2.31. The lowest BCUT2D eigenvalue weighted by molar-refractivity contribution is -0.144. The molecule has 0 aromatic heterocycles. The molecular formula is C21H38N8O8. The van der Waals surface area contributed by atoms with E-state index in [2.05, 4.69) is 20.9 Å². The van der Waals surface area contributed by atoms with Crippen LogP contribution in [0.2, 0.25) is 0 Å². The molecule has 210 valence electrons. The van der Waals surface area contributed by atoms with E-state index in [9.17, 15) is 33.9 Å². The molecule has 4 atom stereocenters. The van der Waals surface area contributed by atoms with Gasteiger partial charge in [-0.1, -0.05) is 13.8 Å². The first-order chi connectivity index (χ1) is 17.1. The van der Waals surface area contributed by atoms with Crippen LogP contribution in [0.1, 0.15) is 52.4 Å². The summed E-state index contributed by atoms with van der Waals surface area (Å²) in [6.07, 6.45) is -0.872. The van der Waals surface area contributed by atoms with E-state index in [-0.39, 0.29) is 38.2 Å². The maximum absolute atomic E-state index is 13.0. The van der Waals surface area contributed by atoms with E-state index in [1.165, 1.54) is 0 Å². The monoisotopic (exact) mass is 530 g/mol. The van der Waals surface area contributed by atoms with Crippen LogP contribution in [-0.4, -0.2) is 82.5 Å². The number of primary amides is 1. The number of nitrogens with zero attached hydrogens (tertiary/aromatic N) is 1. The molecule has 0 fully saturated rings. The molecule has 0 saturated heterocycles. The maximum atomic E-state index is 13.0. The van der Waals surface area contributed by atoms with E-state index >= 15 is 0 Å². The van der Waals surface area contributed by atoms with Crippen molar-refractivity contribution in [1.82, 2.24) is 16.0 Å². The molecule has 0 aliphatic heterocycles. The molecule has 0 aromatic rings. The van der Waals surface area contributed by atoms with Crippen LogP contribution < -0.4 is 38.9 Å². The maximum Gasteiger partial charge on any atom is 0.326 e. The molecule has 0 heterocycles. The topological polar surface area (TPSA) is 295 Å². The van der Waals surface area contributed by atoms with Gasteiger partial charge in [0.15, 0.2) is 5.96 Å². The minimum Gasteiger partial charge on any atom is -0.481 e. The second-order valence-electron chi connectivity index (χ2n) is 8.68. The van der Waals surface area contributed by atoms with Gasteiger partial charge in [0.2, 0.25) is 23.6 Å². The van der Waals surface area contributed by atoms with E-state index < -0.39 is 72.1 Å². The van der Waals surface area contributed by atoms with Crippen LogP contribution in [0.15, 0.2) is 4.99 Å². The van der Waals surface area contributed by atoms with Gasteiger partial charge in [-0.05, 0) is 31.6 Å². The van der Waals surface area contributed by atoms with Crippen molar-refractivity contribution < 1.29 is 39.0 Å². The largest absolute Gasteiger partial charge is 0.481 e. The Bertz CT molecular complexity index is 859. The van der Waals surface area contributed by atoms with Gasteiger partial charge in [0.25, 0.3) is 0 Å². The van der Waals surface area contributed by atoms with Gasteiger partial charge in [0.05, 0.1) is 6.04 Å². The minimum atomic E-state index is -1.44. The molecule has 0 spiro atoms. The smallest absolute Gasteiger partial charge is 0.326 e. The quantitative estimate of drug-likeness (QED) is 0.0480. The molecule has 16 nitrogen and oxygen atoms in total. The highest BCUT2D eigenvalue weighted by Crippen LogP contribution is 2.07. The lowest BCUT2D eigenvalue weighted by Crippen LogP contribution is -2.57. The van der Waals surface area contributed by atoms with Crippen molar-refractivity contribution in [3.63, 3.8) is 0 Å². The molecule has 0 aliphatic rings. The summed E-state index contributed by atoms with van der Waals surface area (Å²) in [6, 6.07) is -5.12. The SMILES string of the molecule is CC(C)C(NC(=O)C(CCC(=O)O)NC(=O)C(CCC(N)=O)NC(=O)C(N)CCCN=C(N)N)C(=O)O. The first-order valence-corrected chi connectivity index (χ1v) is 11.6. The van der Waals surface area contributed by atoms with Gasteiger partial charge >= 0.3 is 11.9 Å². The second-order valence-corrected chi connectivity index (χ2v) is 8.68. The summed E-state index contributed by atoms with van der Waals surface area (Å²) in [5.74, 6) is -6.51. The fourth-order valence-corrected chi connectivity index (χ4v) is 3.06. The van der Waals surface area contributed by atoms with Crippen molar-refractivity contribution >= 4 is 41.5 Å². The standard InChI is InChI=1S/C21H38N8O8/c1-10(2)16(20(36)37)29-19(35)13(6-8-15(31)32)28-18(34)12(5-7-14(23)30)27-17(33)11(22)4-3-9-26-21(24)25/h10-13,16H,3-9,22H2,1-2H3,(H2,23,30)(H,27,33)(H,28,34)(H,29,35)(H,31,32)(H,36,37)(H4,24,25,26). The van der Waals surface area contributed by atoms with Gasteiger partial charge in [-0.25, -0.2) is 4.79 Å². The highest BCUT2D eigenvalue weighted by atomic mass is 16.4. The third-order valence-corrected chi connectivity index (χ3v) is 5.13. The average Bonchev–Trinajstić information content (AvgIpc) is 2.78. The Morgan fingerprint density at radius 2 is 1.30 bits per heavy atom. The number of guanidine groups is 1. The Hall–Kier alpha value is -3.95. The van der Waals surface area contributed by atoms with Crippen LogP contribution in [-0.2, 0) is 28.8 Å². The number of carbonyl (C=O) groups is 6. The molecule has 4 amide bonds. The van der Waals surface area contributed by atoms with E-state index in [1.54, 1.807) is 13.8 Å². The number of carbonyl (C=O) groups excluding carboxylic acids is 4. The highest BCUT2D eigenvalue weighted by molar-refractivity contribution is 5.94. The third-order valence-electron chi connectivity index (χ3n) is 5.13. The number of nitrogens with one attached hydrogen (secondary N) is 3. The van der Waals surface area contributed by atoms with E-state index in [4.69, 9.17) is 28.0 Å². The Morgan fingerprint density at radius 1 is 0.784 bits per heavy atom. The van der Waals surface area contributed by atoms with Crippen molar-refractivity contribution in [1.29, 1.82) is 0 Å². The Morgan fingerprint density at radius 3 is 1.76 bits per heavy atom. The minimum absolute atomic E-state index is 0.120. The predicted octanol–water partition coefficient (Wildman–Crippen LogP) is -3.31. The number of aliphatic imine (C=N–C) groups is 1. The van der Waals surface area contributed by atoms with Crippen molar-refractivity contribution in [2.24, 2.45) is 33.8 Å². The molecule has 0 aliphatic carbocycles. The lowest BCUT2D eigenvalue weighted by Gasteiger charge is -2.25. The first kappa shape index (κ1) is 33.0. The van der Waals surface area contributed by atoms with E-state index in [0.29, 0.717) is 6.42 Å². The predicted molar refractivity (Wildman–Crippen MR) is 131 cm³/mol. The van der Waals surface area contributed by atoms with Crippen LogP contribution in [0.4, 0.5) is 0 Å². The van der Waals surface area contributed by atoms with Gasteiger partial charge in [-0.15, -0.1) is 0 Å². The van der Waals surface area contributed by atoms with Crippen LogP contribution in [0.3, 0.4) is 0 Å². The fourth-order valence-electron chi connectivity index (χ4n) is 3.06. The zero-order valence-corrected chi connectivity index (χ0v) is 20.9. The molecule has 4 unspecified atom stereocenters. The molecule has 16 heteroatoms. The molecule has 13 N–H and O–H groups in total. The number of carboxylic acids is 2. The first-order valence-electron chi connectivity index (χ1n) is 11.6. The summed E-state index contributed by atoms with van der Waals surface area (Å²) >= 11 is 0. The van der Waals surface area contributed by atoms with Crippen molar-refractivity contribution in [2.75, 3.05) is 6.54 Å². The number of amides is 4. The molecule has 0 aromatic carbocycles. The van der Waals surface area contributed by atoms with Crippen LogP contribution >= 0.6 is 0 Å². The number of aliphatic carboxylic acids is 2. The van der Waals surface area contributed by atoms with Crippen molar-refractivity contribution in [3.05, 3.63) is 0 Å². The summed E-state index contributed by atoms with van der Waals surface area (Å²) in [5.41, 5.74) is 21.5. The van der Waals surface area contributed by atoms with E-state index in [0.717, 1.165) is 0 Å². The van der Waals surface area contributed by atoms with Gasteiger partial charge in [-0.3, -0.25) is 29.0 Å². The number of carboxylic acid groups (broad SMARTS) is 2. The van der Waals surface area contributed by atoms with Crippen LogP contribution in [0.25, 0.3) is 0 Å². The van der Waals surface area contributed by atoms with Gasteiger partial charge in [-0.2, -0.15) is 0 Å². The molecule has 0 rings (SSSR count). The summed E-state index contributed by atoms with van der Waals surface area (Å²) in [6.45, 7) is 3.34. The summed E-state index contributed by atoms with van der Waals surface area (Å²) in [4.78, 5) is 75.7. The number of rotatable bonds is 18. The summed E-state index contributed by atoms with van der Waals surface area (Å²) < 4.78 is 0. The van der Waals surface area contributed by atoms with Gasteiger partial charge < -0.3 is 49.1 Å². The lowest BCUT2D eigenvalue weighted by atomic mass is 10.0. The normalized spacial score (nSPS) is 13.9. The van der Waals surface area contributed by atoms with Crippen LogP contribution in [0, 0.1) is 5.92 Å². The van der Waals surface area contributed by atoms with Gasteiger partial charge in [0, 0.05) is 19.4 Å². The van der Waals surface area contributed by atoms with Crippen LogP contribution in [0.5, 0.6) is 0 Å². The van der Waals surface area contributed by atoms with Gasteiger partial charge in [0.1, 0.15) is 18.1 Å². The number of hydrogen-bond donors (Lipinski definition) is 9. The Balaban J connectivity index is 5.54. The van der Waals surface area contributed by atoms with Crippen molar-refractivity contribution in [3.8, 4) is 0 Å². The molecule has 37 heavy (non-hydrogen) atoms. The number of hydrogen-bond acceptors (Lipinski definition) is 8. The average molecular weight is 531 g/mol. The van der Waals surface area contributed by atoms with E-state index in [1.807, 2.05) is 0 Å². The molecule has 0 radical (unpaired) electrons. The fraction of sp³-hybridized carbons (Fsp3) is 0.667. The molecule has 0 saturated carbocycles. The Labute approximate surface area is 214 Å². The third kappa shape index (κ3) is 14.3. The second kappa shape index (κ2) is 16.7. The van der Waals surface area contributed by atoms with Crippen molar-refractivity contribution in [2.45, 2.75) is 76.5 Å². The zero-order valence-electron chi connectivity index (χ0n) is 20.9. The molecule has 0 bridgehead atoms. The zero-order chi connectivity index (χ0) is 28.7. The summed E-state index contributed by atoms with van der Waals surface area (Å²) in [7, 11) is 0. The summed E-state index contributed by atoms with van der Waals surface area (Å²) in [5, 5.41) is 25.3. The Kier molecular flexibility index (Phi) is 14.9. The number of nitrogens with two attached hydrogens (primary N) is 4.